The van der Waals surface area contributed by atoms with Gasteiger partial charge >= 0.3 is 0 Å². The predicted molar refractivity (Wildman–Crippen MR) is 70.3 cm³/mol. The molecule has 5 heteroatoms. The average Bonchev–Trinajstić information content (AvgIpc) is 2.36. The fraction of sp³-hybridized carbons (Fsp3) is 0. The molecular formula is C13H9ClFN3. The molecule has 3 nitrogen and oxygen atoms in total. The third-order valence-corrected chi connectivity index (χ3v) is 2.69. The Morgan fingerprint density at radius 1 is 1.17 bits per heavy atom. The van der Waals surface area contributed by atoms with Crippen LogP contribution in [0.2, 0.25) is 5.02 Å². The minimum atomic E-state index is -0.462. The lowest BCUT2D eigenvalue weighted by Gasteiger charge is -2.10. The Hall–Kier alpha value is -2.25. The van der Waals surface area contributed by atoms with E-state index >= 15 is 0 Å². The number of nitrogens with two attached hydrogens (primary N) is 1. The Morgan fingerprint density at radius 3 is 2.67 bits per heavy atom. The smallest absolute Gasteiger partial charge is 0.124 e. The Kier molecular flexibility index (Phi) is 3.35. The van der Waals surface area contributed by atoms with Crippen LogP contribution in [0.4, 0.5) is 21.5 Å². The van der Waals surface area contributed by atoms with E-state index < -0.39 is 5.82 Å². The van der Waals surface area contributed by atoms with Crippen LogP contribution in [-0.4, -0.2) is 0 Å². The van der Waals surface area contributed by atoms with Crippen LogP contribution in [0.3, 0.4) is 0 Å². The van der Waals surface area contributed by atoms with Crippen molar-refractivity contribution in [3.8, 4) is 6.07 Å². The number of nitrogens with one attached hydrogen (secondary N) is 1. The summed E-state index contributed by atoms with van der Waals surface area (Å²) in [6.07, 6.45) is 0. The van der Waals surface area contributed by atoms with E-state index in [1.807, 2.05) is 6.07 Å². The minimum Gasteiger partial charge on any atom is -0.399 e. The molecule has 0 amide bonds. The first-order chi connectivity index (χ1) is 8.60. The molecule has 0 atom stereocenters. The number of hydrogen-bond donors (Lipinski definition) is 2. The first kappa shape index (κ1) is 12.2. The summed E-state index contributed by atoms with van der Waals surface area (Å²) < 4.78 is 13.0. The Labute approximate surface area is 109 Å². The summed E-state index contributed by atoms with van der Waals surface area (Å²) in [5.41, 5.74) is 7.45. The van der Waals surface area contributed by atoms with E-state index in [9.17, 15) is 4.39 Å². The largest absolute Gasteiger partial charge is 0.399 e. The van der Waals surface area contributed by atoms with E-state index in [2.05, 4.69) is 5.32 Å². The topological polar surface area (TPSA) is 61.8 Å². The number of anilines is 3. The number of nitrogens with zero attached hydrogens (tertiary/aromatic N) is 1. The maximum Gasteiger partial charge on any atom is 0.124 e. The van der Waals surface area contributed by atoms with E-state index in [1.165, 1.54) is 12.1 Å². The Balaban J connectivity index is 2.40. The number of nitriles is 1. The van der Waals surface area contributed by atoms with Crippen molar-refractivity contribution in [2.24, 2.45) is 0 Å². The van der Waals surface area contributed by atoms with Crippen molar-refractivity contribution < 1.29 is 4.39 Å². The van der Waals surface area contributed by atoms with Crippen molar-refractivity contribution in [3.05, 3.63) is 52.8 Å². The summed E-state index contributed by atoms with van der Waals surface area (Å²) in [5, 5.41) is 12.4. The van der Waals surface area contributed by atoms with Gasteiger partial charge in [0.1, 0.15) is 11.9 Å². The van der Waals surface area contributed by atoms with Gasteiger partial charge in [0, 0.05) is 5.69 Å². The molecule has 0 saturated carbocycles. The molecule has 0 heterocycles. The zero-order valence-corrected chi connectivity index (χ0v) is 10.0. The highest BCUT2D eigenvalue weighted by Gasteiger charge is 2.06. The lowest BCUT2D eigenvalue weighted by molar-refractivity contribution is 0.627. The molecule has 2 rings (SSSR count). The second kappa shape index (κ2) is 4.94. The summed E-state index contributed by atoms with van der Waals surface area (Å²) in [7, 11) is 0. The second-order valence-corrected chi connectivity index (χ2v) is 4.07. The predicted octanol–water partition coefficient (Wildman–Crippen LogP) is 3.68. The van der Waals surface area contributed by atoms with Crippen LogP contribution in [0.1, 0.15) is 5.56 Å². The lowest BCUT2D eigenvalue weighted by atomic mass is 10.1. The molecule has 0 bridgehead atoms. The summed E-state index contributed by atoms with van der Waals surface area (Å²) in [6, 6.07) is 10.8. The van der Waals surface area contributed by atoms with Gasteiger partial charge in [-0.25, -0.2) is 4.39 Å². The highest BCUT2D eigenvalue weighted by atomic mass is 35.5. The van der Waals surface area contributed by atoms with Crippen molar-refractivity contribution in [2.45, 2.75) is 0 Å². The van der Waals surface area contributed by atoms with Crippen LogP contribution in [0.15, 0.2) is 36.4 Å². The van der Waals surface area contributed by atoms with Gasteiger partial charge in [0.2, 0.25) is 0 Å². The van der Waals surface area contributed by atoms with Crippen LogP contribution in [0.5, 0.6) is 0 Å². The summed E-state index contributed by atoms with van der Waals surface area (Å²) in [5.74, 6) is -0.462. The minimum absolute atomic E-state index is 0.202. The highest BCUT2D eigenvalue weighted by molar-refractivity contribution is 6.33. The number of nitrogen functional groups attached to an aromatic ring is 1. The summed E-state index contributed by atoms with van der Waals surface area (Å²) in [6.45, 7) is 0. The van der Waals surface area contributed by atoms with Crippen LogP contribution >= 0.6 is 11.6 Å². The van der Waals surface area contributed by atoms with Crippen LogP contribution < -0.4 is 11.1 Å². The van der Waals surface area contributed by atoms with E-state index in [-0.39, 0.29) is 5.56 Å². The molecule has 3 N–H and O–H groups in total. The van der Waals surface area contributed by atoms with Crippen molar-refractivity contribution in [3.63, 3.8) is 0 Å². The monoisotopic (exact) mass is 261 g/mol. The molecule has 2 aromatic rings. The van der Waals surface area contributed by atoms with Crippen LogP contribution in [-0.2, 0) is 0 Å². The number of halogens is 2. The molecule has 0 aliphatic rings. The van der Waals surface area contributed by atoms with Gasteiger partial charge in [-0.15, -0.1) is 0 Å². The second-order valence-electron chi connectivity index (χ2n) is 3.67. The molecule has 0 aromatic heterocycles. The van der Waals surface area contributed by atoms with Crippen molar-refractivity contribution >= 4 is 28.7 Å². The maximum absolute atomic E-state index is 13.0. The molecule has 0 aliphatic carbocycles. The average molecular weight is 262 g/mol. The highest BCUT2D eigenvalue weighted by Crippen LogP contribution is 2.29. The Bertz CT molecular complexity index is 635. The normalized spacial score (nSPS) is 9.83. The van der Waals surface area contributed by atoms with Gasteiger partial charge in [0.25, 0.3) is 0 Å². The van der Waals surface area contributed by atoms with E-state index in [4.69, 9.17) is 22.6 Å². The molecule has 0 radical (unpaired) electrons. The first-order valence-corrected chi connectivity index (χ1v) is 5.49. The molecule has 0 fully saturated rings. The standard InChI is InChI=1S/C13H9ClFN3/c14-11-3-2-10(17)6-13(11)18-12-4-1-9(15)5-8(12)7-16/h1-6,18H,17H2. The molecule has 0 unspecified atom stereocenters. The maximum atomic E-state index is 13.0. The van der Waals surface area contributed by atoms with Gasteiger partial charge in [-0.1, -0.05) is 11.6 Å². The summed E-state index contributed by atoms with van der Waals surface area (Å²) >= 11 is 6.00. The van der Waals surface area contributed by atoms with Crippen LogP contribution in [0.25, 0.3) is 0 Å². The zero-order chi connectivity index (χ0) is 13.1. The quantitative estimate of drug-likeness (QED) is 0.811. The molecule has 0 aliphatic heterocycles. The number of hydrogen-bond acceptors (Lipinski definition) is 3. The van der Waals surface area contributed by atoms with E-state index in [0.29, 0.717) is 22.1 Å². The van der Waals surface area contributed by atoms with Crippen LogP contribution in [0, 0.1) is 17.1 Å². The van der Waals surface area contributed by atoms with Gasteiger partial charge in [0.15, 0.2) is 0 Å². The van der Waals surface area contributed by atoms with Crippen molar-refractivity contribution in [2.75, 3.05) is 11.1 Å². The van der Waals surface area contributed by atoms with Crippen molar-refractivity contribution in [1.29, 1.82) is 5.26 Å². The Morgan fingerprint density at radius 2 is 1.94 bits per heavy atom. The SMILES string of the molecule is N#Cc1cc(F)ccc1Nc1cc(N)ccc1Cl. The molecular weight excluding hydrogens is 253 g/mol. The van der Waals surface area contributed by atoms with Gasteiger partial charge in [-0.3, -0.25) is 0 Å². The third-order valence-electron chi connectivity index (χ3n) is 2.36. The number of rotatable bonds is 2. The molecule has 0 spiro atoms. The third kappa shape index (κ3) is 2.53. The molecule has 18 heavy (non-hydrogen) atoms. The fourth-order valence-corrected chi connectivity index (χ4v) is 1.67. The molecule has 2 aromatic carbocycles. The summed E-state index contributed by atoms with van der Waals surface area (Å²) in [4.78, 5) is 0. The van der Waals surface area contributed by atoms with Gasteiger partial charge in [-0.2, -0.15) is 5.26 Å². The fourth-order valence-electron chi connectivity index (χ4n) is 1.50. The lowest BCUT2D eigenvalue weighted by Crippen LogP contribution is -1.96. The molecule has 0 saturated heterocycles. The molecule has 90 valence electrons. The van der Waals surface area contributed by atoms with Gasteiger partial charge in [-0.05, 0) is 36.4 Å². The van der Waals surface area contributed by atoms with Gasteiger partial charge in [0.05, 0.1) is 22.0 Å². The number of benzene rings is 2. The van der Waals surface area contributed by atoms with Crippen molar-refractivity contribution in [1.82, 2.24) is 0 Å². The zero-order valence-electron chi connectivity index (χ0n) is 9.24. The van der Waals surface area contributed by atoms with E-state index in [0.717, 1.165) is 6.07 Å². The first-order valence-electron chi connectivity index (χ1n) is 5.12. The van der Waals surface area contributed by atoms with Gasteiger partial charge < -0.3 is 11.1 Å². The van der Waals surface area contributed by atoms with E-state index in [1.54, 1.807) is 18.2 Å².